The van der Waals surface area contributed by atoms with E-state index in [9.17, 15) is 4.79 Å². The molecule has 1 aliphatic heterocycles. The third kappa shape index (κ3) is 4.07. The van der Waals surface area contributed by atoms with Crippen LogP contribution in [0.25, 0.3) is 0 Å². The summed E-state index contributed by atoms with van der Waals surface area (Å²) in [6.45, 7) is 2.51. The number of thioether (sulfide) groups is 1. The molecule has 14 heavy (non-hydrogen) atoms. The summed E-state index contributed by atoms with van der Waals surface area (Å²) in [5, 5.41) is 0. The summed E-state index contributed by atoms with van der Waals surface area (Å²) in [5.74, 6) is 1.40. The van der Waals surface area contributed by atoms with E-state index in [1.54, 1.807) is 11.8 Å². The summed E-state index contributed by atoms with van der Waals surface area (Å²) in [7, 11) is 0. The molecule has 0 aliphatic carbocycles. The summed E-state index contributed by atoms with van der Waals surface area (Å²) in [6, 6.07) is 0. The normalized spacial score (nSPS) is 21.6. The van der Waals surface area contributed by atoms with E-state index in [2.05, 4.69) is 0 Å². The van der Waals surface area contributed by atoms with Crippen molar-refractivity contribution in [1.82, 2.24) is 4.90 Å². The first-order valence-corrected chi connectivity index (χ1v) is 6.14. The van der Waals surface area contributed by atoms with Crippen LogP contribution in [0.5, 0.6) is 0 Å². The maximum Gasteiger partial charge on any atom is 0.232 e. The van der Waals surface area contributed by atoms with Crippen molar-refractivity contribution >= 4 is 30.1 Å². The Bertz CT molecular complexity index is 180. The van der Waals surface area contributed by atoms with Crippen molar-refractivity contribution < 1.29 is 4.79 Å². The van der Waals surface area contributed by atoms with Crippen LogP contribution < -0.4 is 5.73 Å². The molecule has 0 bridgehead atoms. The second kappa shape index (κ2) is 7.37. The Morgan fingerprint density at radius 1 is 1.64 bits per heavy atom. The van der Waals surface area contributed by atoms with Crippen molar-refractivity contribution in [2.75, 3.05) is 31.6 Å². The molecule has 1 rings (SSSR count). The summed E-state index contributed by atoms with van der Waals surface area (Å²) in [4.78, 5) is 13.5. The van der Waals surface area contributed by atoms with Gasteiger partial charge in [-0.1, -0.05) is 0 Å². The number of hydrogen-bond acceptors (Lipinski definition) is 3. The molecule has 84 valence electrons. The van der Waals surface area contributed by atoms with Crippen LogP contribution in [0.2, 0.25) is 0 Å². The molecule has 0 aromatic rings. The SMILES string of the molecule is CSCC(=O)N1CCCC(CN)C1.Cl. The fourth-order valence-corrected chi connectivity index (χ4v) is 2.13. The minimum atomic E-state index is 0. The van der Waals surface area contributed by atoms with Gasteiger partial charge in [0.25, 0.3) is 0 Å². The second-order valence-electron chi connectivity index (χ2n) is 3.52. The standard InChI is InChI=1S/C9H18N2OS.ClH/c1-13-7-9(12)11-4-2-3-8(5-10)6-11;/h8H,2-7,10H2,1H3;1H. The summed E-state index contributed by atoms with van der Waals surface area (Å²) < 4.78 is 0. The Morgan fingerprint density at radius 3 is 2.93 bits per heavy atom. The molecule has 0 saturated carbocycles. The lowest BCUT2D eigenvalue weighted by molar-refractivity contribution is -0.130. The van der Waals surface area contributed by atoms with Crippen LogP contribution in [0.4, 0.5) is 0 Å². The highest BCUT2D eigenvalue weighted by Gasteiger charge is 2.21. The Labute approximate surface area is 96.2 Å². The third-order valence-electron chi connectivity index (χ3n) is 2.47. The molecule has 1 unspecified atom stereocenters. The predicted octanol–water partition coefficient (Wildman–Crippen LogP) is 0.968. The van der Waals surface area contributed by atoms with Crippen molar-refractivity contribution in [3.05, 3.63) is 0 Å². The van der Waals surface area contributed by atoms with Crippen LogP contribution in [0, 0.1) is 5.92 Å². The van der Waals surface area contributed by atoms with Gasteiger partial charge in [0.2, 0.25) is 5.91 Å². The van der Waals surface area contributed by atoms with Gasteiger partial charge < -0.3 is 10.6 Å². The van der Waals surface area contributed by atoms with E-state index in [0.717, 1.165) is 19.5 Å². The topological polar surface area (TPSA) is 46.3 Å². The number of piperidine rings is 1. The van der Waals surface area contributed by atoms with Crippen molar-refractivity contribution in [3.8, 4) is 0 Å². The van der Waals surface area contributed by atoms with Crippen LogP contribution in [0.15, 0.2) is 0 Å². The van der Waals surface area contributed by atoms with Gasteiger partial charge in [0, 0.05) is 13.1 Å². The zero-order valence-corrected chi connectivity index (χ0v) is 10.2. The fraction of sp³-hybridized carbons (Fsp3) is 0.889. The minimum absolute atomic E-state index is 0. The van der Waals surface area contributed by atoms with Gasteiger partial charge >= 0.3 is 0 Å². The first kappa shape index (κ1) is 14.1. The highest BCUT2D eigenvalue weighted by Crippen LogP contribution is 2.15. The number of amides is 1. The molecular weight excluding hydrogens is 220 g/mol. The number of carbonyl (C=O) groups is 1. The van der Waals surface area contributed by atoms with Crippen LogP contribution >= 0.6 is 24.2 Å². The van der Waals surface area contributed by atoms with Crippen molar-refractivity contribution in [2.45, 2.75) is 12.8 Å². The van der Waals surface area contributed by atoms with Gasteiger partial charge in [-0.2, -0.15) is 11.8 Å². The summed E-state index contributed by atoms with van der Waals surface area (Å²) in [6.07, 6.45) is 4.25. The molecule has 2 N–H and O–H groups in total. The molecule has 0 spiro atoms. The summed E-state index contributed by atoms with van der Waals surface area (Å²) in [5.41, 5.74) is 5.60. The number of likely N-dealkylation sites (tertiary alicyclic amines) is 1. The average Bonchev–Trinajstić information content (AvgIpc) is 2.18. The monoisotopic (exact) mass is 238 g/mol. The van der Waals surface area contributed by atoms with Gasteiger partial charge in [-0.05, 0) is 31.6 Å². The molecule has 1 saturated heterocycles. The lowest BCUT2D eigenvalue weighted by Crippen LogP contribution is -2.42. The molecule has 0 aromatic heterocycles. The molecule has 1 aliphatic rings. The maximum atomic E-state index is 11.5. The Balaban J connectivity index is 0.00000169. The molecule has 3 nitrogen and oxygen atoms in total. The van der Waals surface area contributed by atoms with Crippen molar-refractivity contribution in [3.63, 3.8) is 0 Å². The van der Waals surface area contributed by atoms with Crippen LogP contribution in [-0.2, 0) is 4.79 Å². The largest absolute Gasteiger partial charge is 0.342 e. The van der Waals surface area contributed by atoms with Crippen LogP contribution in [-0.4, -0.2) is 42.4 Å². The van der Waals surface area contributed by atoms with Crippen LogP contribution in [0.1, 0.15) is 12.8 Å². The smallest absolute Gasteiger partial charge is 0.232 e. The van der Waals surface area contributed by atoms with E-state index in [-0.39, 0.29) is 18.3 Å². The molecular formula is C9H19ClN2OS. The van der Waals surface area contributed by atoms with E-state index in [0.29, 0.717) is 18.2 Å². The van der Waals surface area contributed by atoms with E-state index in [1.807, 2.05) is 11.2 Å². The van der Waals surface area contributed by atoms with Gasteiger partial charge in [-0.3, -0.25) is 4.79 Å². The molecule has 5 heteroatoms. The zero-order chi connectivity index (χ0) is 9.68. The first-order valence-electron chi connectivity index (χ1n) is 4.74. The highest BCUT2D eigenvalue weighted by molar-refractivity contribution is 7.99. The molecule has 0 aromatic carbocycles. The van der Waals surface area contributed by atoms with Gasteiger partial charge in [0.05, 0.1) is 5.75 Å². The number of nitrogens with zero attached hydrogens (tertiary/aromatic N) is 1. The predicted molar refractivity (Wildman–Crippen MR) is 64.0 cm³/mol. The zero-order valence-electron chi connectivity index (χ0n) is 8.57. The number of nitrogens with two attached hydrogens (primary N) is 1. The molecule has 1 fully saturated rings. The average molecular weight is 239 g/mol. The molecule has 1 amide bonds. The summed E-state index contributed by atoms with van der Waals surface area (Å²) >= 11 is 1.59. The lowest BCUT2D eigenvalue weighted by atomic mass is 9.98. The van der Waals surface area contributed by atoms with E-state index in [4.69, 9.17) is 5.73 Å². The molecule has 1 atom stereocenters. The van der Waals surface area contributed by atoms with Gasteiger partial charge in [0.1, 0.15) is 0 Å². The molecule has 1 heterocycles. The van der Waals surface area contributed by atoms with Gasteiger partial charge in [-0.15, -0.1) is 12.4 Å². The van der Waals surface area contributed by atoms with Crippen molar-refractivity contribution in [1.29, 1.82) is 0 Å². The molecule has 0 radical (unpaired) electrons. The number of carbonyl (C=O) groups excluding carboxylic acids is 1. The van der Waals surface area contributed by atoms with E-state index in [1.165, 1.54) is 6.42 Å². The van der Waals surface area contributed by atoms with Gasteiger partial charge in [-0.25, -0.2) is 0 Å². The number of rotatable bonds is 3. The number of halogens is 1. The third-order valence-corrected chi connectivity index (χ3v) is 3.01. The van der Waals surface area contributed by atoms with Crippen molar-refractivity contribution in [2.24, 2.45) is 11.7 Å². The Hall–Kier alpha value is 0.0700. The quantitative estimate of drug-likeness (QED) is 0.797. The van der Waals surface area contributed by atoms with Crippen LogP contribution in [0.3, 0.4) is 0 Å². The van der Waals surface area contributed by atoms with E-state index < -0.39 is 0 Å². The van der Waals surface area contributed by atoms with E-state index >= 15 is 0 Å². The Morgan fingerprint density at radius 2 is 2.36 bits per heavy atom. The maximum absolute atomic E-state index is 11.5. The Kier molecular flexibility index (Phi) is 7.41. The number of hydrogen-bond donors (Lipinski definition) is 1. The highest BCUT2D eigenvalue weighted by atomic mass is 35.5. The minimum Gasteiger partial charge on any atom is -0.342 e. The second-order valence-corrected chi connectivity index (χ2v) is 4.38. The fourth-order valence-electron chi connectivity index (χ4n) is 1.70. The first-order chi connectivity index (χ1) is 6.27. The van der Waals surface area contributed by atoms with Gasteiger partial charge in [0.15, 0.2) is 0 Å². The lowest BCUT2D eigenvalue weighted by Gasteiger charge is -2.32.